The molecule has 0 fully saturated rings. The van der Waals surface area contributed by atoms with Crippen molar-refractivity contribution in [1.82, 2.24) is 20.6 Å². The predicted molar refractivity (Wildman–Crippen MR) is 110 cm³/mol. The Bertz CT molecular complexity index is 1100. The van der Waals surface area contributed by atoms with E-state index in [9.17, 15) is 14.4 Å². The van der Waals surface area contributed by atoms with Crippen molar-refractivity contribution in [3.8, 4) is 0 Å². The highest BCUT2D eigenvalue weighted by Crippen LogP contribution is 2.27. The first-order valence-electron chi connectivity index (χ1n) is 9.41. The van der Waals surface area contributed by atoms with Crippen LogP contribution >= 0.6 is 0 Å². The summed E-state index contributed by atoms with van der Waals surface area (Å²) in [6.45, 7) is 6.74. The van der Waals surface area contributed by atoms with E-state index in [1.165, 1.54) is 6.92 Å². The highest BCUT2D eigenvalue weighted by molar-refractivity contribution is 6.10. The van der Waals surface area contributed by atoms with Gasteiger partial charge in [0, 0.05) is 16.3 Å². The first-order chi connectivity index (χ1) is 13.7. The molecule has 152 valence electrons. The molecule has 8 heteroatoms. The zero-order valence-corrected chi connectivity index (χ0v) is 16.7. The van der Waals surface area contributed by atoms with E-state index in [0.29, 0.717) is 5.69 Å². The number of carbonyl (C=O) groups excluding carboxylic acids is 2. The van der Waals surface area contributed by atoms with E-state index < -0.39 is 29.9 Å². The molecule has 8 nitrogen and oxygen atoms in total. The fourth-order valence-corrected chi connectivity index (χ4v) is 3.24. The smallest absolute Gasteiger partial charge is 0.325 e. The van der Waals surface area contributed by atoms with Gasteiger partial charge in [-0.3, -0.25) is 14.4 Å². The lowest BCUT2D eigenvalue weighted by Gasteiger charge is -2.22. The largest absolute Gasteiger partial charge is 0.480 e. The van der Waals surface area contributed by atoms with E-state index >= 15 is 0 Å². The second-order valence-corrected chi connectivity index (χ2v) is 7.45. The van der Waals surface area contributed by atoms with Gasteiger partial charge in [-0.1, -0.05) is 32.0 Å². The number of hydrogen-bond acceptors (Lipinski definition) is 4. The van der Waals surface area contributed by atoms with Gasteiger partial charge in [-0.25, -0.2) is 4.98 Å². The topological polar surface area (TPSA) is 124 Å². The van der Waals surface area contributed by atoms with Gasteiger partial charge in [0.1, 0.15) is 17.8 Å². The molecule has 0 spiro atoms. The van der Waals surface area contributed by atoms with Crippen molar-refractivity contribution in [2.75, 3.05) is 0 Å². The van der Waals surface area contributed by atoms with Gasteiger partial charge in [-0.2, -0.15) is 0 Å². The molecule has 0 radical (unpaired) electrons. The lowest BCUT2D eigenvalue weighted by Crippen LogP contribution is -2.53. The molecule has 29 heavy (non-hydrogen) atoms. The van der Waals surface area contributed by atoms with Gasteiger partial charge in [0.2, 0.25) is 5.91 Å². The first-order valence-corrected chi connectivity index (χ1v) is 9.41. The number of rotatable bonds is 6. The monoisotopic (exact) mass is 396 g/mol. The van der Waals surface area contributed by atoms with Gasteiger partial charge in [0.25, 0.3) is 5.91 Å². The molecule has 0 saturated heterocycles. The van der Waals surface area contributed by atoms with Crippen molar-refractivity contribution in [2.24, 2.45) is 5.92 Å². The molecule has 1 aromatic carbocycles. The van der Waals surface area contributed by atoms with Gasteiger partial charge in [0.15, 0.2) is 0 Å². The Morgan fingerprint density at radius 2 is 1.76 bits per heavy atom. The summed E-state index contributed by atoms with van der Waals surface area (Å²) in [4.78, 5) is 44.0. The highest BCUT2D eigenvalue weighted by atomic mass is 16.4. The van der Waals surface area contributed by atoms with Crippen molar-refractivity contribution in [1.29, 1.82) is 0 Å². The molecule has 3 rings (SSSR count). The Kier molecular flexibility index (Phi) is 5.54. The number of aromatic amines is 1. The molecular formula is C21H24N4O4. The second-order valence-electron chi connectivity index (χ2n) is 7.45. The van der Waals surface area contributed by atoms with Gasteiger partial charge < -0.3 is 20.7 Å². The Hall–Kier alpha value is -3.42. The molecule has 0 saturated carbocycles. The van der Waals surface area contributed by atoms with Crippen LogP contribution in [0.2, 0.25) is 0 Å². The number of nitrogens with one attached hydrogen (secondary N) is 3. The number of nitrogens with zero attached hydrogens (tertiary/aromatic N) is 1. The number of aromatic nitrogens is 2. The molecule has 2 aromatic heterocycles. The fourth-order valence-electron chi connectivity index (χ4n) is 3.24. The number of amides is 2. The Labute approximate surface area is 167 Å². The summed E-state index contributed by atoms with van der Waals surface area (Å²) in [6.07, 6.45) is 0. The average molecular weight is 396 g/mol. The highest BCUT2D eigenvalue weighted by Gasteiger charge is 2.28. The first kappa shape index (κ1) is 20.3. The van der Waals surface area contributed by atoms with E-state index in [1.807, 2.05) is 31.2 Å². The molecule has 2 heterocycles. The van der Waals surface area contributed by atoms with Crippen LogP contribution in [0.25, 0.3) is 21.8 Å². The number of H-pyrrole nitrogens is 1. The SMILES string of the molecule is Cc1nc(C(=O)NC(C(=O)NC(C)C(=O)O)C(C)C)cc2c1[nH]c1ccccc12. The minimum atomic E-state index is -1.14. The maximum Gasteiger partial charge on any atom is 0.325 e. The number of hydrogen-bond donors (Lipinski definition) is 4. The van der Waals surface area contributed by atoms with Crippen LogP contribution in [0.3, 0.4) is 0 Å². The minimum absolute atomic E-state index is 0.199. The number of carboxylic acids is 1. The van der Waals surface area contributed by atoms with Crippen LogP contribution in [0.15, 0.2) is 30.3 Å². The summed E-state index contributed by atoms with van der Waals surface area (Å²) < 4.78 is 0. The van der Waals surface area contributed by atoms with Gasteiger partial charge in [-0.15, -0.1) is 0 Å². The van der Waals surface area contributed by atoms with Crippen molar-refractivity contribution in [3.63, 3.8) is 0 Å². The van der Waals surface area contributed by atoms with Crippen molar-refractivity contribution >= 4 is 39.6 Å². The number of pyridine rings is 1. The van der Waals surface area contributed by atoms with Crippen LogP contribution in [-0.2, 0) is 9.59 Å². The van der Waals surface area contributed by atoms with Crippen molar-refractivity contribution in [3.05, 3.63) is 41.7 Å². The van der Waals surface area contributed by atoms with Crippen LogP contribution in [0.5, 0.6) is 0 Å². The number of carbonyl (C=O) groups is 3. The van der Waals surface area contributed by atoms with Crippen molar-refractivity contribution < 1.29 is 19.5 Å². The quantitative estimate of drug-likeness (QED) is 0.509. The van der Waals surface area contributed by atoms with E-state index in [1.54, 1.807) is 19.9 Å². The fraction of sp³-hybridized carbons (Fsp3) is 0.333. The van der Waals surface area contributed by atoms with Crippen LogP contribution in [0.4, 0.5) is 0 Å². The summed E-state index contributed by atoms with van der Waals surface area (Å²) in [5, 5.41) is 15.9. The van der Waals surface area contributed by atoms with E-state index in [0.717, 1.165) is 21.8 Å². The number of aryl methyl sites for hydroxylation is 1. The molecule has 2 amide bonds. The molecule has 0 aliphatic carbocycles. The van der Waals surface area contributed by atoms with E-state index in [-0.39, 0.29) is 11.6 Å². The number of para-hydroxylation sites is 1. The Balaban J connectivity index is 1.90. The molecule has 0 aliphatic heterocycles. The number of carboxylic acid groups (broad SMARTS) is 1. The number of fused-ring (bicyclic) bond motifs is 3. The van der Waals surface area contributed by atoms with Crippen molar-refractivity contribution in [2.45, 2.75) is 39.8 Å². The lowest BCUT2D eigenvalue weighted by atomic mass is 10.0. The molecule has 2 unspecified atom stereocenters. The van der Waals surface area contributed by atoms with E-state index in [2.05, 4.69) is 20.6 Å². The third kappa shape index (κ3) is 4.06. The Morgan fingerprint density at radius 3 is 2.41 bits per heavy atom. The summed E-state index contributed by atoms with van der Waals surface area (Å²) in [7, 11) is 0. The summed E-state index contributed by atoms with van der Waals surface area (Å²) in [5.74, 6) is -2.42. The molecule has 4 N–H and O–H groups in total. The standard InChI is InChI=1S/C21H24N4O4/c1-10(2)17(20(27)23-12(4)21(28)29)25-19(26)16-9-14-13-7-5-6-8-15(13)24-18(14)11(3)22-16/h5-10,12,17,24H,1-4H3,(H,23,27)(H,25,26)(H,28,29). The zero-order valence-electron chi connectivity index (χ0n) is 16.7. The third-order valence-electron chi connectivity index (χ3n) is 4.87. The molecule has 2 atom stereocenters. The molecule has 0 bridgehead atoms. The third-order valence-corrected chi connectivity index (χ3v) is 4.87. The zero-order chi connectivity index (χ0) is 21.3. The lowest BCUT2D eigenvalue weighted by molar-refractivity contribution is -0.141. The van der Waals surface area contributed by atoms with Gasteiger partial charge in [0.05, 0.1) is 11.2 Å². The minimum Gasteiger partial charge on any atom is -0.480 e. The molecule has 0 aliphatic rings. The van der Waals surface area contributed by atoms with Gasteiger partial charge in [-0.05, 0) is 31.9 Å². The molecule has 3 aromatic rings. The summed E-state index contributed by atoms with van der Waals surface area (Å²) in [6, 6.07) is 7.54. The predicted octanol–water partition coefficient (Wildman–Crippen LogP) is 2.37. The van der Waals surface area contributed by atoms with Gasteiger partial charge >= 0.3 is 5.97 Å². The summed E-state index contributed by atoms with van der Waals surface area (Å²) >= 11 is 0. The second kappa shape index (κ2) is 7.90. The maximum absolute atomic E-state index is 12.9. The van der Waals surface area contributed by atoms with Crippen LogP contribution in [0, 0.1) is 12.8 Å². The van der Waals surface area contributed by atoms with Crippen LogP contribution < -0.4 is 10.6 Å². The van der Waals surface area contributed by atoms with Crippen LogP contribution in [-0.4, -0.2) is 44.9 Å². The molecular weight excluding hydrogens is 372 g/mol. The Morgan fingerprint density at radius 1 is 1.07 bits per heavy atom. The maximum atomic E-state index is 12.9. The summed E-state index contributed by atoms with van der Waals surface area (Å²) in [5.41, 5.74) is 2.68. The normalized spacial score (nSPS) is 13.4. The average Bonchev–Trinajstić information content (AvgIpc) is 3.04. The number of aliphatic carboxylic acids is 1. The van der Waals surface area contributed by atoms with Crippen LogP contribution in [0.1, 0.15) is 37.0 Å². The van der Waals surface area contributed by atoms with E-state index in [4.69, 9.17) is 5.11 Å². The number of benzene rings is 1.